The summed E-state index contributed by atoms with van der Waals surface area (Å²) in [5, 5.41) is 12.4. The number of hydrogen-bond donors (Lipinski definition) is 2. The van der Waals surface area contributed by atoms with Gasteiger partial charge in [0, 0.05) is 13.6 Å². The average molecular weight is 347 g/mol. The summed E-state index contributed by atoms with van der Waals surface area (Å²) in [6.07, 6.45) is 0. The number of carbonyl (C=O) groups excluding carboxylic acids is 1. The third kappa shape index (κ3) is 4.52. The molecule has 23 heavy (non-hydrogen) atoms. The van der Waals surface area contributed by atoms with E-state index in [9.17, 15) is 18.0 Å². The average Bonchev–Trinajstić information content (AvgIpc) is 2.76. The van der Waals surface area contributed by atoms with E-state index < -0.39 is 33.9 Å². The Morgan fingerprint density at radius 2 is 1.91 bits per heavy atom. The first-order chi connectivity index (χ1) is 10.5. The largest absolute Gasteiger partial charge is 0.481 e. The highest BCUT2D eigenvalue weighted by molar-refractivity contribution is 7.89. The van der Waals surface area contributed by atoms with Crippen LogP contribution in [0.15, 0.2) is 9.42 Å². The topological polar surface area (TPSA) is 130 Å². The van der Waals surface area contributed by atoms with Gasteiger partial charge in [0.15, 0.2) is 5.76 Å². The molecular formula is C13H21N3O6S. The lowest BCUT2D eigenvalue weighted by Crippen LogP contribution is -2.47. The molecule has 2 N–H and O–H groups in total. The molecule has 0 saturated heterocycles. The molecule has 0 bridgehead atoms. The first-order valence-electron chi connectivity index (χ1n) is 6.90. The summed E-state index contributed by atoms with van der Waals surface area (Å²) in [5.74, 6) is -2.19. The molecule has 2 unspecified atom stereocenters. The predicted molar refractivity (Wildman–Crippen MR) is 80.2 cm³/mol. The van der Waals surface area contributed by atoms with Gasteiger partial charge in [-0.15, -0.1) is 0 Å². The van der Waals surface area contributed by atoms with Gasteiger partial charge in [0.25, 0.3) is 0 Å². The van der Waals surface area contributed by atoms with E-state index in [1.807, 2.05) is 0 Å². The van der Waals surface area contributed by atoms with Crippen LogP contribution in [0.4, 0.5) is 0 Å². The van der Waals surface area contributed by atoms with E-state index >= 15 is 0 Å². The van der Waals surface area contributed by atoms with E-state index in [0.29, 0.717) is 0 Å². The minimum Gasteiger partial charge on any atom is -0.481 e. The minimum atomic E-state index is -3.97. The number of aliphatic carboxylic acids is 1. The number of carboxylic acids is 1. The molecule has 0 aliphatic heterocycles. The van der Waals surface area contributed by atoms with Gasteiger partial charge in [-0.05, 0) is 20.8 Å². The number of aryl methyl sites for hydroxylation is 2. The van der Waals surface area contributed by atoms with Crippen molar-refractivity contribution in [2.75, 3.05) is 13.6 Å². The lowest BCUT2D eigenvalue weighted by molar-refractivity contribution is -0.142. The number of sulfonamides is 1. The second-order valence-corrected chi connectivity index (χ2v) is 7.11. The second-order valence-electron chi connectivity index (χ2n) is 5.45. The zero-order valence-corrected chi connectivity index (χ0v) is 14.5. The summed E-state index contributed by atoms with van der Waals surface area (Å²) in [5.41, 5.74) is 0.197. The van der Waals surface area contributed by atoms with Crippen LogP contribution in [-0.4, -0.2) is 55.1 Å². The Hall–Kier alpha value is -1.94. The molecule has 10 heteroatoms. The van der Waals surface area contributed by atoms with Crippen LogP contribution in [0, 0.1) is 19.8 Å². The zero-order chi connectivity index (χ0) is 17.9. The van der Waals surface area contributed by atoms with Crippen LogP contribution in [-0.2, 0) is 19.6 Å². The van der Waals surface area contributed by atoms with E-state index in [1.165, 1.54) is 39.6 Å². The Kier molecular flexibility index (Phi) is 5.89. The first kappa shape index (κ1) is 19.1. The van der Waals surface area contributed by atoms with Crippen molar-refractivity contribution in [2.45, 2.75) is 38.6 Å². The SMILES string of the molecule is Cc1noc(C)c1S(=O)(=O)NC(C)C(=O)N(C)CC(C)C(=O)O. The summed E-state index contributed by atoms with van der Waals surface area (Å²) >= 11 is 0. The van der Waals surface area contributed by atoms with E-state index in [4.69, 9.17) is 9.63 Å². The number of carboxylic acid groups (broad SMARTS) is 1. The number of aromatic nitrogens is 1. The molecule has 1 aromatic rings. The van der Waals surface area contributed by atoms with Crippen molar-refractivity contribution in [3.63, 3.8) is 0 Å². The van der Waals surface area contributed by atoms with Crippen LogP contribution >= 0.6 is 0 Å². The van der Waals surface area contributed by atoms with Gasteiger partial charge in [-0.2, -0.15) is 4.72 Å². The fourth-order valence-electron chi connectivity index (χ4n) is 2.11. The van der Waals surface area contributed by atoms with Crippen molar-refractivity contribution in [3.8, 4) is 0 Å². The molecule has 0 fully saturated rings. The summed E-state index contributed by atoms with van der Waals surface area (Å²) < 4.78 is 31.7. The van der Waals surface area contributed by atoms with Crippen molar-refractivity contribution < 1.29 is 27.6 Å². The summed E-state index contributed by atoms with van der Waals surface area (Å²) in [6.45, 7) is 5.77. The molecular weight excluding hydrogens is 326 g/mol. The minimum absolute atomic E-state index is 0.0223. The number of amides is 1. The van der Waals surface area contributed by atoms with Gasteiger partial charge in [0.2, 0.25) is 15.9 Å². The lowest BCUT2D eigenvalue weighted by Gasteiger charge is -2.23. The van der Waals surface area contributed by atoms with Crippen molar-refractivity contribution in [3.05, 3.63) is 11.5 Å². The molecule has 0 radical (unpaired) electrons. The zero-order valence-electron chi connectivity index (χ0n) is 13.7. The highest BCUT2D eigenvalue weighted by Crippen LogP contribution is 2.19. The lowest BCUT2D eigenvalue weighted by atomic mass is 10.1. The molecule has 9 nitrogen and oxygen atoms in total. The predicted octanol–water partition coefficient (Wildman–Crippen LogP) is 0.137. The Balaban J connectivity index is 2.84. The molecule has 0 spiro atoms. The van der Waals surface area contributed by atoms with Crippen molar-refractivity contribution in [2.24, 2.45) is 5.92 Å². The maximum atomic E-state index is 12.3. The maximum Gasteiger partial charge on any atom is 0.308 e. The molecule has 0 aliphatic rings. The standard InChI is InChI=1S/C13H21N3O6S/c1-7(13(18)19)6-16(5)12(17)9(3)15-23(20,21)11-8(2)14-22-10(11)4/h7,9,15H,6H2,1-5H3,(H,18,19). The van der Waals surface area contributed by atoms with Gasteiger partial charge < -0.3 is 14.5 Å². The number of rotatable bonds is 7. The molecule has 0 aliphatic carbocycles. The Morgan fingerprint density at radius 3 is 2.35 bits per heavy atom. The third-order valence-corrected chi connectivity index (χ3v) is 5.07. The van der Waals surface area contributed by atoms with Gasteiger partial charge in [0.1, 0.15) is 10.6 Å². The molecule has 0 saturated carbocycles. The van der Waals surface area contributed by atoms with Crippen LogP contribution in [0.25, 0.3) is 0 Å². The van der Waals surface area contributed by atoms with Crippen LogP contribution in [0.1, 0.15) is 25.3 Å². The van der Waals surface area contributed by atoms with Crippen molar-refractivity contribution in [1.29, 1.82) is 0 Å². The summed E-state index contributed by atoms with van der Waals surface area (Å²) in [6, 6.07) is -1.06. The van der Waals surface area contributed by atoms with E-state index in [0.717, 1.165) is 0 Å². The van der Waals surface area contributed by atoms with Crippen LogP contribution in [0.2, 0.25) is 0 Å². The van der Waals surface area contributed by atoms with Gasteiger partial charge in [-0.3, -0.25) is 9.59 Å². The number of nitrogens with zero attached hydrogens (tertiary/aromatic N) is 2. The smallest absolute Gasteiger partial charge is 0.308 e. The number of carbonyl (C=O) groups is 2. The number of likely N-dealkylation sites (N-methyl/N-ethyl adjacent to an activating group) is 1. The van der Waals surface area contributed by atoms with E-state index in [1.54, 1.807) is 0 Å². The molecule has 130 valence electrons. The van der Waals surface area contributed by atoms with Gasteiger partial charge in [-0.1, -0.05) is 12.1 Å². The molecule has 1 rings (SSSR count). The Morgan fingerprint density at radius 1 is 1.35 bits per heavy atom. The first-order valence-corrected chi connectivity index (χ1v) is 8.38. The van der Waals surface area contributed by atoms with E-state index in [2.05, 4.69) is 9.88 Å². The molecule has 1 heterocycles. The monoisotopic (exact) mass is 347 g/mol. The number of hydrogen-bond acceptors (Lipinski definition) is 6. The van der Waals surface area contributed by atoms with E-state index in [-0.39, 0.29) is 22.9 Å². The van der Waals surface area contributed by atoms with Crippen LogP contribution < -0.4 is 4.72 Å². The third-order valence-electron chi connectivity index (χ3n) is 3.28. The van der Waals surface area contributed by atoms with Crippen LogP contribution in [0.3, 0.4) is 0 Å². The summed E-state index contributed by atoms with van der Waals surface area (Å²) in [7, 11) is -2.55. The van der Waals surface area contributed by atoms with Gasteiger partial charge in [-0.25, -0.2) is 8.42 Å². The molecule has 0 aromatic carbocycles. The van der Waals surface area contributed by atoms with Crippen molar-refractivity contribution >= 4 is 21.9 Å². The fourth-order valence-corrected chi connectivity index (χ4v) is 3.64. The quantitative estimate of drug-likeness (QED) is 0.717. The molecule has 1 aromatic heterocycles. The summed E-state index contributed by atoms with van der Waals surface area (Å²) in [4.78, 5) is 24.1. The molecule has 2 atom stereocenters. The van der Waals surface area contributed by atoms with Crippen molar-refractivity contribution in [1.82, 2.24) is 14.8 Å². The van der Waals surface area contributed by atoms with Crippen LogP contribution in [0.5, 0.6) is 0 Å². The van der Waals surface area contributed by atoms with Gasteiger partial charge in [0.05, 0.1) is 12.0 Å². The van der Waals surface area contributed by atoms with Gasteiger partial charge >= 0.3 is 5.97 Å². The highest BCUT2D eigenvalue weighted by Gasteiger charge is 2.29. The maximum absolute atomic E-state index is 12.3. The Bertz CT molecular complexity index is 677. The molecule has 1 amide bonds. The highest BCUT2D eigenvalue weighted by atomic mass is 32.2. The Labute approximate surface area is 134 Å². The number of nitrogens with one attached hydrogen (secondary N) is 1. The fraction of sp³-hybridized carbons (Fsp3) is 0.615. The normalized spacial score (nSPS) is 14.3. The second kappa shape index (κ2) is 7.09.